The molecule has 166 valence electrons. The Bertz CT molecular complexity index is 1560. The molecule has 3 aromatic heterocycles. The number of fused-ring (bicyclic) bond motifs is 2. The maximum Gasteiger partial charge on any atom is 0.266 e. The van der Waals surface area contributed by atoms with Crippen LogP contribution in [0, 0.1) is 17.5 Å². The number of benzene rings is 2. The zero-order valence-corrected chi connectivity index (χ0v) is 17.2. The van der Waals surface area contributed by atoms with Gasteiger partial charge >= 0.3 is 0 Å². The quantitative estimate of drug-likeness (QED) is 0.418. The van der Waals surface area contributed by atoms with Crippen LogP contribution in [0.25, 0.3) is 27.8 Å². The van der Waals surface area contributed by atoms with Crippen molar-refractivity contribution in [3.8, 4) is 5.69 Å². The molecule has 0 saturated heterocycles. The lowest BCUT2D eigenvalue weighted by molar-refractivity contribution is 0.507. The van der Waals surface area contributed by atoms with Gasteiger partial charge in [0, 0.05) is 6.07 Å². The summed E-state index contributed by atoms with van der Waals surface area (Å²) >= 11 is 0. The van der Waals surface area contributed by atoms with Gasteiger partial charge in [-0.25, -0.2) is 33.1 Å². The molecule has 5 rings (SSSR count). The molecule has 0 saturated carbocycles. The first-order valence-electron chi connectivity index (χ1n) is 10.0. The fourth-order valence-electron chi connectivity index (χ4n) is 3.67. The summed E-state index contributed by atoms with van der Waals surface area (Å²) in [6, 6.07) is 6.16. The summed E-state index contributed by atoms with van der Waals surface area (Å²) in [7, 11) is 0. The van der Waals surface area contributed by atoms with Crippen LogP contribution in [-0.2, 0) is 0 Å². The number of anilines is 1. The first-order chi connectivity index (χ1) is 16.0. The largest absolute Gasteiger partial charge is 0.358 e. The third-order valence-corrected chi connectivity index (χ3v) is 5.27. The van der Waals surface area contributed by atoms with Crippen molar-refractivity contribution in [2.45, 2.75) is 19.4 Å². The lowest BCUT2D eigenvalue weighted by atomic mass is 10.1. The molecule has 33 heavy (non-hydrogen) atoms. The van der Waals surface area contributed by atoms with Gasteiger partial charge in [0.1, 0.15) is 23.5 Å². The highest BCUT2D eigenvalue weighted by Gasteiger charge is 2.22. The standard InChI is InChI=1S/C22H16F3N7O/c1-2-16(30-20-18-19(27-9-26-18)28-10-29-20)21-31-17-6-3-11(23)7-13(17)22(33)32(21)12-4-5-14(24)15(25)8-12/h3-10,16H,2H2,1H3,(H2,26,27,28,29,30). The van der Waals surface area contributed by atoms with Crippen LogP contribution in [0.4, 0.5) is 19.0 Å². The smallest absolute Gasteiger partial charge is 0.266 e. The van der Waals surface area contributed by atoms with Gasteiger partial charge in [0.2, 0.25) is 0 Å². The van der Waals surface area contributed by atoms with Crippen LogP contribution in [0.1, 0.15) is 25.2 Å². The van der Waals surface area contributed by atoms with E-state index in [9.17, 15) is 18.0 Å². The Kier molecular flexibility index (Phi) is 5.00. The van der Waals surface area contributed by atoms with E-state index in [0.29, 0.717) is 23.4 Å². The summed E-state index contributed by atoms with van der Waals surface area (Å²) < 4.78 is 42.7. The van der Waals surface area contributed by atoms with E-state index in [1.165, 1.54) is 30.9 Å². The fraction of sp³-hybridized carbons (Fsp3) is 0.136. The molecule has 8 nitrogen and oxygen atoms in total. The van der Waals surface area contributed by atoms with Crippen molar-refractivity contribution in [2.75, 3.05) is 5.32 Å². The molecule has 2 N–H and O–H groups in total. The number of nitrogens with zero attached hydrogens (tertiary/aromatic N) is 5. The molecule has 0 aliphatic rings. The first kappa shape index (κ1) is 20.6. The van der Waals surface area contributed by atoms with Crippen LogP contribution in [0.5, 0.6) is 0 Å². The average molecular weight is 451 g/mol. The highest BCUT2D eigenvalue weighted by atomic mass is 19.2. The lowest BCUT2D eigenvalue weighted by Crippen LogP contribution is -2.28. The molecule has 2 aromatic carbocycles. The van der Waals surface area contributed by atoms with Gasteiger partial charge in [-0.05, 0) is 36.8 Å². The van der Waals surface area contributed by atoms with Crippen molar-refractivity contribution in [3.05, 3.63) is 82.7 Å². The number of aromatic nitrogens is 6. The van der Waals surface area contributed by atoms with Gasteiger partial charge < -0.3 is 10.3 Å². The van der Waals surface area contributed by atoms with E-state index in [1.807, 2.05) is 6.92 Å². The van der Waals surface area contributed by atoms with Gasteiger partial charge in [-0.15, -0.1) is 0 Å². The minimum atomic E-state index is -1.13. The topological polar surface area (TPSA) is 101 Å². The van der Waals surface area contributed by atoms with E-state index in [0.717, 1.165) is 22.8 Å². The van der Waals surface area contributed by atoms with Crippen molar-refractivity contribution >= 4 is 27.9 Å². The normalized spacial score (nSPS) is 12.4. The summed E-state index contributed by atoms with van der Waals surface area (Å²) in [5.41, 5.74) is 0.708. The Morgan fingerprint density at radius 2 is 1.91 bits per heavy atom. The predicted octanol–water partition coefficient (Wildman–Crippen LogP) is 4.03. The summed E-state index contributed by atoms with van der Waals surface area (Å²) in [5, 5.41) is 3.23. The number of hydrogen-bond donors (Lipinski definition) is 2. The van der Waals surface area contributed by atoms with Gasteiger partial charge in [0.15, 0.2) is 23.1 Å². The second-order valence-corrected chi connectivity index (χ2v) is 7.30. The van der Waals surface area contributed by atoms with Gasteiger partial charge in [0.05, 0.1) is 29.0 Å². The van der Waals surface area contributed by atoms with E-state index < -0.39 is 29.1 Å². The third-order valence-electron chi connectivity index (χ3n) is 5.27. The minimum Gasteiger partial charge on any atom is -0.358 e. The summed E-state index contributed by atoms with van der Waals surface area (Å²) in [6.45, 7) is 1.86. The molecule has 1 atom stereocenters. The number of imidazole rings is 1. The molecule has 0 radical (unpaired) electrons. The zero-order chi connectivity index (χ0) is 23.1. The number of nitrogens with one attached hydrogen (secondary N) is 2. The Balaban J connectivity index is 1.74. The summed E-state index contributed by atoms with van der Waals surface area (Å²) in [4.78, 5) is 33.4. The molecule has 0 amide bonds. The molecule has 0 aliphatic heterocycles. The van der Waals surface area contributed by atoms with Crippen molar-refractivity contribution in [3.63, 3.8) is 0 Å². The average Bonchev–Trinajstić information content (AvgIpc) is 3.29. The van der Waals surface area contributed by atoms with Gasteiger partial charge in [-0.1, -0.05) is 6.92 Å². The monoisotopic (exact) mass is 451 g/mol. The SMILES string of the molecule is CCC(Nc1ncnc2[nH]cnc12)c1nc2ccc(F)cc2c(=O)n1-c1ccc(F)c(F)c1. The Morgan fingerprint density at radius 3 is 2.70 bits per heavy atom. The third kappa shape index (κ3) is 3.56. The molecule has 3 heterocycles. The molecule has 0 aliphatic carbocycles. The maximum atomic E-state index is 14.1. The highest BCUT2D eigenvalue weighted by Crippen LogP contribution is 2.26. The lowest BCUT2D eigenvalue weighted by Gasteiger charge is -2.22. The summed E-state index contributed by atoms with van der Waals surface area (Å²) in [5.74, 6) is -2.17. The second kappa shape index (κ2) is 8.01. The molecule has 0 spiro atoms. The maximum absolute atomic E-state index is 14.1. The number of aromatic amines is 1. The molecule has 11 heteroatoms. The second-order valence-electron chi connectivity index (χ2n) is 7.30. The van der Waals surface area contributed by atoms with Crippen LogP contribution in [0.3, 0.4) is 0 Å². The molecular weight excluding hydrogens is 435 g/mol. The van der Waals surface area contributed by atoms with Crippen LogP contribution in [0.2, 0.25) is 0 Å². The van der Waals surface area contributed by atoms with E-state index in [-0.39, 0.29) is 22.4 Å². The van der Waals surface area contributed by atoms with Crippen LogP contribution < -0.4 is 10.9 Å². The highest BCUT2D eigenvalue weighted by molar-refractivity contribution is 5.82. The van der Waals surface area contributed by atoms with Crippen LogP contribution in [-0.4, -0.2) is 29.5 Å². The van der Waals surface area contributed by atoms with E-state index in [4.69, 9.17) is 0 Å². The van der Waals surface area contributed by atoms with Crippen molar-refractivity contribution in [1.29, 1.82) is 0 Å². The predicted molar refractivity (Wildman–Crippen MR) is 116 cm³/mol. The van der Waals surface area contributed by atoms with Gasteiger partial charge in [-0.3, -0.25) is 9.36 Å². The van der Waals surface area contributed by atoms with Crippen LogP contribution in [0.15, 0.2) is 53.8 Å². The number of rotatable bonds is 5. The molecule has 1 unspecified atom stereocenters. The van der Waals surface area contributed by atoms with Crippen molar-refractivity contribution in [1.82, 2.24) is 29.5 Å². The first-order valence-corrected chi connectivity index (χ1v) is 10.0. The fourth-order valence-corrected chi connectivity index (χ4v) is 3.67. The summed E-state index contributed by atoms with van der Waals surface area (Å²) in [6.07, 6.45) is 3.28. The zero-order valence-electron chi connectivity index (χ0n) is 17.2. The molecule has 5 aromatic rings. The van der Waals surface area contributed by atoms with Crippen LogP contribution >= 0.6 is 0 Å². The van der Waals surface area contributed by atoms with Gasteiger partial charge in [0.25, 0.3) is 5.56 Å². The van der Waals surface area contributed by atoms with E-state index in [1.54, 1.807) is 0 Å². The molecular formula is C22H16F3N7O. The number of hydrogen-bond acceptors (Lipinski definition) is 6. The van der Waals surface area contributed by atoms with Crippen molar-refractivity contribution < 1.29 is 13.2 Å². The number of halogens is 3. The Hall–Kier alpha value is -4.28. The van der Waals surface area contributed by atoms with Gasteiger partial charge in [-0.2, -0.15) is 0 Å². The minimum absolute atomic E-state index is 0.00932. The van der Waals surface area contributed by atoms with E-state index >= 15 is 0 Å². The molecule has 0 bridgehead atoms. The number of H-pyrrole nitrogens is 1. The molecule has 0 fully saturated rings. The van der Waals surface area contributed by atoms with E-state index in [2.05, 4.69) is 30.2 Å². The Labute approximate surface area is 184 Å². The van der Waals surface area contributed by atoms with Crippen molar-refractivity contribution in [2.24, 2.45) is 0 Å². The Morgan fingerprint density at radius 1 is 1.06 bits per heavy atom.